The highest BCUT2D eigenvalue weighted by molar-refractivity contribution is 5.92. The van der Waals surface area contributed by atoms with E-state index in [2.05, 4.69) is 42.3 Å². The number of amides is 2. The lowest BCUT2D eigenvalue weighted by atomic mass is 9.88. The quantitative estimate of drug-likeness (QED) is 0.820. The molecule has 0 aromatic heterocycles. The van der Waals surface area contributed by atoms with Crippen LogP contribution < -0.4 is 15.4 Å². The highest BCUT2D eigenvalue weighted by atomic mass is 16.5. The minimum atomic E-state index is -0.197. The van der Waals surface area contributed by atoms with Gasteiger partial charge in [-0.25, -0.2) is 4.79 Å². The molecular formula is C23H24N2O2. The van der Waals surface area contributed by atoms with Crippen molar-refractivity contribution in [1.29, 1.82) is 0 Å². The molecule has 0 saturated heterocycles. The number of benzene rings is 2. The van der Waals surface area contributed by atoms with Crippen LogP contribution in [0.4, 0.5) is 4.79 Å². The molecule has 0 saturated carbocycles. The fraction of sp³-hybridized carbons (Fsp3) is 0.261. The Morgan fingerprint density at radius 3 is 2.85 bits per heavy atom. The van der Waals surface area contributed by atoms with Crippen LogP contribution in [-0.2, 0) is 6.42 Å². The second-order valence-electron chi connectivity index (χ2n) is 7.16. The lowest BCUT2D eigenvalue weighted by Crippen LogP contribution is -2.45. The van der Waals surface area contributed by atoms with Crippen molar-refractivity contribution >= 4 is 17.3 Å². The molecule has 2 aliphatic heterocycles. The molecule has 4 nitrogen and oxygen atoms in total. The monoisotopic (exact) mass is 360 g/mol. The summed E-state index contributed by atoms with van der Waals surface area (Å²) in [6.45, 7) is 8.77. The molecule has 2 N–H and O–H groups in total. The van der Waals surface area contributed by atoms with Crippen LogP contribution in [0.5, 0.6) is 5.75 Å². The van der Waals surface area contributed by atoms with Gasteiger partial charge in [0.2, 0.25) is 0 Å². The zero-order valence-electron chi connectivity index (χ0n) is 15.8. The maximum Gasteiger partial charge on any atom is 0.320 e. The van der Waals surface area contributed by atoms with Crippen molar-refractivity contribution in [1.82, 2.24) is 10.6 Å². The average molecular weight is 360 g/mol. The minimum Gasteiger partial charge on any atom is -0.488 e. The van der Waals surface area contributed by atoms with Crippen molar-refractivity contribution in [2.24, 2.45) is 0 Å². The molecule has 1 unspecified atom stereocenters. The molecule has 2 aromatic carbocycles. The summed E-state index contributed by atoms with van der Waals surface area (Å²) < 4.78 is 5.96. The molecule has 2 heterocycles. The van der Waals surface area contributed by atoms with Gasteiger partial charge in [-0.15, -0.1) is 0 Å². The number of rotatable bonds is 4. The van der Waals surface area contributed by atoms with Crippen LogP contribution in [0.15, 0.2) is 54.6 Å². The first-order valence-electron chi connectivity index (χ1n) is 9.40. The second-order valence-corrected chi connectivity index (χ2v) is 7.16. The van der Waals surface area contributed by atoms with Crippen molar-refractivity contribution < 1.29 is 9.53 Å². The Hall–Kier alpha value is -3.01. The van der Waals surface area contributed by atoms with Crippen molar-refractivity contribution in [2.45, 2.75) is 32.7 Å². The highest BCUT2D eigenvalue weighted by Gasteiger charge is 2.33. The minimum absolute atomic E-state index is 0.184. The summed E-state index contributed by atoms with van der Waals surface area (Å²) in [5.74, 6) is 0.807. The van der Waals surface area contributed by atoms with Crippen molar-refractivity contribution in [3.8, 4) is 5.75 Å². The lowest BCUT2D eigenvalue weighted by molar-refractivity contribution is 0.237. The molecule has 2 aliphatic rings. The molecule has 0 bridgehead atoms. The van der Waals surface area contributed by atoms with Gasteiger partial charge in [0.25, 0.3) is 0 Å². The standard InChI is InChI=1S/C23H24N2O2/c1-4-7-15-12-16(10-11-17(15)14(2)3)21-19-13-27-20-9-6-5-8-18(20)22(19)25-23(26)24-21/h5-6,8-12,21H,2,4,7,13H2,1,3H3,(H2,24,25,26). The number of nitrogens with one attached hydrogen (secondary N) is 2. The molecule has 0 aliphatic carbocycles. The largest absolute Gasteiger partial charge is 0.488 e. The van der Waals surface area contributed by atoms with E-state index in [0.717, 1.165) is 46.6 Å². The van der Waals surface area contributed by atoms with Gasteiger partial charge >= 0.3 is 6.03 Å². The number of allylic oxidation sites excluding steroid dienone is 1. The molecule has 0 fully saturated rings. The molecule has 0 radical (unpaired) electrons. The zero-order valence-corrected chi connectivity index (χ0v) is 15.8. The van der Waals surface area contributed by atoms with Crippen molar-refractivity contribution in [2.75, 3.05) is 6.61 Å². The van der Waals surface area contributed by atoms with E-state index in [9.17, 15) is 4.79 Å². The van der Waals surface area contributed by atoms with Gasteiger partial charge in [-0.2, -0.15) is 0 Å². The van der Waals surface area contributed by atoms with Crippen LogP contribution in [0.25, 0.3) is 11.3 Å². The summed E-state index contributed by atoms with van der Waals surface area (Å²) in [4.78, 5) is 12.4. The fourth-order valence-electron chi connectivity index (χ4n) is 3.91. The van der Waals surface area contributed by atoms with Crippen molar-refractivity contribution in [3.05, 3.63) is 76.9 Å². The number of hydrogen-bond acceptors (Lipinski definition) is 2. The Morgan fingerprint density at radius 1 is 1.26 bits per heavy atom. The Labute approximate surface area is 159 Å². The third-order valence-corrected chi connectivity index (χ3v) is 5.16. The van der Waals surface area contributed by atoms with Crippen molar-refractivity contribution in [3.63, 3.8) is 0 Å². The number of carbonyl (C=O) groups excluding carboxylic acids is 1. The number of urea groups is 1. The number of carbonyl (C=O) groups is 1. The molecule has 1 atom stereocenters. The Bertz CT molecular complexity index is 959. The summed E-state index contributed by atoms with van der Waals surface area (Å²) in [7, 11) is 0. The molecule has 2 amide bonds. The third-order valence-electron chi connectivity index (χ3n) is 5.16. The summed E-state index contributed by atoms with van der Waals surface area (Å²) in [6, 6.07) is 13.9. The van der Waals surface area contributed by atoms with E-state index in [4.69, 9.17) is 4.74 Å². The van der Waals surface area contributed by atoms with Gasteiger partial charge in [-0.1, -0.05) is 55.8 Å². The molecule has 0 spiro atoms. The molecule has 4 heteroatoms. The smallest absolute Gasteiger partial charge is 0.320 e. The number of fused-ring (bicyclic) bond motifs is 2. The maximum atomic E-state index is 12.4. The number of ether oxygens (including phenoxy) is 1. The van der Waals surface area contributed by atoms with Crippen LogP contribution in [0.2, 0.25) is 0 Å². The first kappa shape index (κ1) is 17.4. The Morgan fingerprint density at radius 2 is 2.07 bits per heavy atom. The van der Waals surface area contributed by atoms with Gasteiger partial charge in [0, 0.05) is 11.1 Å². The van der Waals surface area contributed by atoms with E-state index in [1.807, 2.05) is 31.2 Å². The fourth-order valence-corrected chi connectivity index (χ4v) is 3.91. The molecule has 2 aromatic rings. The highest BCUT2D eigenvalue weighted by Crippen LogP contribution is 2.39. The van der Waals surface area contributed by atoms with Crippen LogP contribution in [0.1, 0.15) is 48.6 Å². The number of aryl methyl sites for hydroxylation is 1. The zero-order chi connectivity index (χ0) is 19.0. The summed E-state index contributed by atoms with van der Waals surface area (Å²) in [5, 5.41) is 6.05. The third kappa shape index (κ3) is 3.12. The van der Waals surface area contributed by atoms with E-state index < -0.39 is 0 Å². The summed E-state index contributed by atoms with van der Waals surface area (Å²) >= 11 is 0. The second kappa shape index (κ2) is 6.95. The number of para-hydroxylation sites is 1. The van der Waals surface area contributed by atoms with Crippen LogP contribution in [-0.4, -0.2) is 12.6 Å². The summed E-state index contributed by atoms with van der Waals surface area (Å²) in [5.41, 5.74) is 7.47. The van der Waals surface area contributed by atoms with Gasteiger partial charge in [0.1, 0.15) is 12.4 Å². The first-order valence-corrected chi connectivity index (χ1v) is 9.40. The molecule has 138 valence electrons. The van der Waals surface area contributed by atoms with Crippen LogP contribution in [0.3, 0.4) is 0 Å². The molecular weight excluding hydrogens is 336 g/mol. The van der Waals surface area contributed by atoms with Gasteiger partial charge in [-0.05, 0) is 42.2 Å². The Balaban J connectivity index is 1.81. The number of hydrogen-bond donors (Lipinski definition) is 2. The van der Waals surface area contributed by atoms with Gasteiger partial charge in [0.15, 0.2) is 0 Å². The predicted molar refractivity (Wildman–Crippen MR) is 108 cm³/mol. The molecule has 27 heavy (non-hydrogen) atoms. The van der Waals surface area contributed by atoms with Gasteiger partial charge < -0.3 is 15.4 Å². The van der Waals surface area contributed by atoms with E-state index >= 15 is 0 Å². The van der Waals surface area contributed by atoms with Gasteiger partial charge in [0.05, 0.1) is 11.7 Å². The van der Waals surface area contributed by atoms with Crippen LogP contribution in [0, 0.1) is 0 Å². The Kier molecular flexibility index (Phi) is 4.48. The van der Waals surface area contributed by atoms with E-state index in [0.29, 0.717) is 6.61 Å². The lowest BCUT2D eigenvalue weighted by Gasteiger charge is -2.34. The molecule has 4 rings (SSSR count). The maximum absolute atomic E-state index is 12.4. The predicted octanol–water partition coefficient (Wildman–Crippen LogP) is 4.83. The van der Waals surface area contributed by atoms with E-state index in [-0.39, 0.29) is 12.1 Å². The van der Waals surface area contributed by atoms with E-state index in [1.165, 1.54) is 11.1 Å². The average Bonchev–Trinajstić information content (AvgIpc) is 2.67. The topological polar surface area (TPSA) is 50.4 Å². The normalized spacial score (nSPS) is 18.0. The van der Waals surface area contributed by atoms with E-state index in [1.54, 1.807) is 0 Å². The summed E-state index contributed by atoms with van der Waals surface area (Å²) in [6.07, 6.45) is 2.05. The van der Waals surface area contributed by atoms with Crippen LogP contribution >= 0.6 is 0 Å². The first-order chi connectivity index (χ1) is 13.1. The van der Waals surface area contributed by atoms with Gasteiger partial charge in [-0.3, -0.25) is 0 Å². The SMILES string of the molecule is C=C(C)c1ccc(C2NC(=O)NC3=C2COc2ccccc23)cc1CCC.